The fourth-order valence-corrected chi connectivity index (χ4v) is 1.92. The Bertz CT molecular complexity index is 429. The van der Waals surface area contributed by atoms with Gasteiger partial charge in [-0.1, -0.05) is 34.1 Å². The molecule has 5 heteroatoms. The van der Waals surface area contributed by atoms with E-state index in [0.29, 0.717) is 6.54 Å². The standard InChI is InChI=1S/C14H20BrNO3/c1-14(2,3)19-13(18)16(8-9-17)10-11-6-4-5-7-12(11)15/h4-7,17H,8-10H2,1-3H3. The third-order valence-corrected chi connectivity index (χ3v) is 3.11. The van der Waals surface area contributed by atoms with Gasteiger partial charge in [0, 0.05) is 11.0 Å². The summed E-state index contributed by atoms with van der Waals surface area (Å²) in [6, 6.07) is 7.67. The average Bonchev–Trinajstić information content (AvgIpc) is 2.29. The Labute approximate surface area is 122 Å². The number of carbonyl (C=O) groups is 1. The number of halogens is 1. The molecule has 106 valence electrons. The Kier molecular flexibility index (Phi) is 5.82. The summed E-state index contributed by atoms with van der Waals surface area (Å²) in [4.78, 5) is 13.5. The molecule has 0 atom stereocenters. The summed E-state index contributed by atoms with van der Waals surface area (Å²) in [6.45, 7) is 6.01. The molecule has 0 saturated heterocycles. The molecule has 0 aromatic heterocycles. The van der Waals surface area contributed by atoms with Gasteiger partial charge >= 0.3 is 6.09 Å². The van der Waals surface area contributed by atoms with E-state index >= 15 is 0 Å². The highest BCUT2D eigenvalue weighted by Crippen LogP contribution is 2.19. The van der Waals surface area contributed by atoms with Crippen LogP contribution >= 0.6 is 15.9 Å². The topological polar surface area (TPSA) is 49.8 Å². The maximum absolute atomic E-state index is 12.0. The lowest BCUT2D eigenvalue weighted by atomic mass is 10.2. The third kappa shape index (κ3) is 5.61. The van der Waals surface area contributed by atoms with E-state index in [1.807, 2.05) is 45.0 Å². The van der Waals surface area contributed by atoms with Crippen LogP contribution in [0, 0.1) is 0 Å². The molecule has 1 rings (SSSR count). The highest BCUT2D eigenvalue weighted by molar-refractivity contribution is 9.10. The Morgan fingerprint density at radius 2 is 2.00 bits per heavy atom. The molecule has 0 aliphatic heterocycles. The van der Waals surface area contributed by atoms with Crippen LogP contribution in [0.5, 0.6) is 0 Å². The minimum atomic E-state index is -0.543. The van der Waals surface area contributed by atoms with E-state index < -0.39 is 11.7 Å². The average molecular weight is 330 g/mol. The molecule has 0 unspecified atom stereocenters. The van der Waals surface area contributed by atoms with Gasteiger partial charge < -0.3 is 14.7 Å². The lowest BCUT2D eigenvalue weighted by Gasteiger charge is -2.27. The van der Waals surface area contributed by atoms with E-state index in [9.17, 15) is 4.79 Å². The minimum Gasteiger partial charge on any atom is -0.444 e. The number of rotatable bonds is 4. The number of nitrogens with zero attached hydrogens (tertiary/aromatic N) is 1. The molecule has 19 heavy (non-hydrogen) atoms. The van der Waals surface area contributed by atoms with Crippen molar-refractivity contribution in [3.63, 3.8) is 0 Å². The molecule has 0 fully saturated rings. The first-order chi connectivity index (χ1) is 8.83. The van der Waals surface area contributed by atoms with Crippen molar-refractivity contribution in [2.24, 2.45) is 0 Å². The zero-order valence-electron chi connectivity index (χ0n) is 11.5. The first-order valence-corrected chi connectivity index (χ1v) is 6.95. The largest absolute Gasteiger partial charge is 0.444 e. The van der Waals surface area contributed by atoms with Crippen LogP contribution in [0.1, 0.15) is 26.3 Å². The van der Waals surface area contributed by atoms with Gasteiger partial charge in [0.15, 0.2) is 0 Å². The molecule has 0 saturated carbocycles. The number of aliphatic hydroxyl groups excluding tert-OH is 1. The van der Waals surface area contributed by atoms with E-state index in [4.69, 9.17) is 9.84 Å². The molecule has 0 bridgehead atoms. The zero-order valence-corrected chi connectivity index (χ0v) is 13.1. The van der Waals surface area contributed by atoms with Crippen molar-refractivity contribution in [2.45, 2.75) is 32.9 Å². The van der Waals surface area contributed by atoms with Crippen molar-refractivity contribution in [1.82, 2.24) is 4.90 Å². The van der Waals surface area contributed by atoms with Gasteiger partial charge in [0.2, 0.25) is 0 Å². The summed E-state index contributed by atoms with van der Waals surface area (Å²) in [7, 11) is 0. The van der Waals surface area contributed by atoms with Gasteiger partial charge in [-0.05, 0) is 32.4 Å². The quantitative estimate of drug-likeness (QED) is 0.922. The van der Waals surface area contributed by atoms with Crippen LogP contribution in [-0.2, 0) is 11.3 Å². The van der Waals surface area contributed by atoms with Crippen LogP contribution in [0.4, 0.5) is 4.79 Å². The molecular formula is C14H20BrNO3. The molecular weight excluding hydrogens is 310 g/mol. The lowest BCUT2D eigenvalue weighted by molar-refractivity contribution is 0.0201. The van der Waals surface area contributed by atoms with Crippen LogP contribution in [0.25, 0.3) is 0 Å². The first kappa shape index (κ1) is 16.0. The molecule has 4 nitrogen and oxygen atoms in total. The third-order valence-electron chi connectivity index (χ3n) is 2.34. The van der Waals surface area contributed by atoms with Gasteiger partial charge in [-0.15, -0.1) is 0 Å². The molecule has 0 aliphatic rings. The highest BCUT2D eigenvalue weighted by Gasteiger charge is 2.22. The molecule has 1 aromatic rings. The molecule has 1 amide bonds. The Hall–Kier alpha value is -1.07. The summed E-state index contributed by atoms with van der Waals surface area (Å²) in [5.41, 5.74) is 0.431. The summed E-state index contributed by atoms with van der Waals surface area (Å²) in [6.07, 6.45) is -0.419. The van der Waals surface area contributed by atoms with Gasteiger partial charge in [0.05, 0.1) is 13.2 Å². The Morgan fingerprint density at radius 1 is 1.37 bits per heavy atom. The maximum Gasteiger partial charge on any atom is 0.410 e. The molecule has 1 N–H and O–H groups in total. The normalized spacial score (nSPS) is 11.2. The summed E-state index contributed by atoms with van der Waals surface area (Å²) in [5.74, 6) is 0. The summed E-state index contributed by atoms with van der Waals surface area (Å²) in [5, 5.41) is 9.07. The number of hydrogen-bond acceptors (Lipinski definition) is 3. The van der Waals surface area contributed by atoms with Crippen molar-refractivity contribution in [2.75, 3.05) is 13.2 Å². The van der Waals surface area contributed by atoms with E-state index in [2.05, 4.69) is 15.9 Å². The van der Waals surface area contributed by atoms with Crippen LogP contribution in [0.15, 0.2) is 28.7 Å². The number of ether oxygens (including phenoxy) is 1. The van der Waals surface area contributed by atoms with Crippen LogP contribution in [0.3, 0.4) is 0 Å². The van der Waals surface area contributed by atoms with Gasteiger partial charge in [0.25, 0.3) is 0 Å². The van der Waals surface area contributed by atoms with Gasteiger partial charge in [-0.2, -0.15) is 0 Å². The fraction of sp³-hybridized carbons (Fsp3) is 0.500. The van der Waals surface area contributed by atoms with E-state index in [0.717, 1.165) is 10.0 Å². The maximum atomic E-state index is 12.0. The zero-order chi connectivity index (χ0) is 14.5. The minimum absolute atomic E-state index is 0.0936. The number of carbonyl (C=O) groups excluding carboxylic acids is 1. The second kappa shape index (κ2) is 6.91. The number of aliphatic hydroxyl groups is 1. The molecule has 0 heterocycles. The van der Waals surface area contributed by atoms with Crippen LogP contribution in [-0.4, -0.2) is 34.9 Å². The molecule has 1 aromatic carbocycles. The number of hydrogen-bond donors (Lipinski definition) is 1. The SMILES string of the molecule is CC(C)(C)OC(=O)N(CCO)Cc1ccccc1Br. The van der Waals surface area contributed by atoms with Crippen molar-refractivity contribution in [3.05, 3.63) is 34.3 Å². The van der Waals surface area contributed by atoms with Gasteiger partial charge in [0.1, 0.15) is 5.60 Å². The number of benzene rings is 1. The van der Waals surface area contributed by atoms with Crippen molar-refractivity contribution >= 4 is 22.0 Å². The molecule has 0 radical (unpaired) electrons. The lowest BCUT2D eigenvalue weighted by Crippen LogP contribution is -2.38. The van der Waals surface area contributed by atoms with E-state index in [1.165, 1.54) is 4.90 Å². The second-order valence-corrected chi connectivity index (χ2v) is 6.07. The predicted octanol–water partition coefficient (Wildman–Crippen LogP) is 3.18. The smallest absolute Gasteiger partial charge is 0.410 e. The monoisotopic (exact) mass is 329 g/mol. The van der Waals surface area contributed by atoms with Gasteiger partial charge in [-0.25, -0.2) is 4.79 Å². The number of amides is 1. The molecule has 0 spiro atoms. The van der Waals surface area contributed by atoms with Crippen LogP contribution < -0.4 is 0 Å². The van der Waals surface area contributed by atoms with Crippen molar-refractivity contribution in [1.29, 1.82) is 0 Å². The second-order valence-electron chi connectivity index (χ2n) is 5.22. The summed E-state index contributed by atoms with van der Waals surface area (Å²) < 4.78 is 6.26. The Balaban J connectivity index is 2.78. The first-order valence-electron chi connectivity index (χ1n) is 6.15. The summed E-state index contributed by atoms with van der Waals surface area (Å²) >= 11 is 3.45. The molecule has 0 aliphatic carbocycles. The fourth-order valence-electron chi connectivity index (χ4n) is 1.51. The van der Waals surface area contributed by atoms with E-state index in [1.54, 1.807) is 0 Å². The van der Waals surface area contributed by atoms with Crippen LogP contribution in [0.2, 0.25) is 0 Å². The van der Waals surface area contributed by atoms with E-state index in [-0.39, 0.29) is 13.2 Å². The predicted molar refractivity (Wildman–Crippen MR) is 77.9 cm³/mol. The van der Waals surface area contributed by atoms with Crippen molar-refractivity contribution < 1.29 is 14.6 Å². The van der Waals surface area contributed by atoms with Gasteiger partial charge in [-0.3, -0.25) is 0 Å². The Morgan fingerprint density at radius 3 is 2.53 bits per heavy atom. The highest BCUT2D eigenvalue weighted by atomic mass is 79.9. The van der Waals surface area contributed by atoms with Crippen molar-refractivity contribution in [3.8, 4) is 0 Å².